The number of nitrogens with one attached hydrogen (secondary N) is 2. The van der Waals surface area contributed by atoms with Crippen LogP contribution in [0.5, 0.6) is 0 Å². The number of fused-ring (bicyclic) bond motifs is 1. The Kier molecular flexibility index (Phi) is 6.16. The van der Waals surface area contributed by atoms with E-state index in [0.717, 1.165) is 22.0 Å². The smallest absolute Gasteiger partial charge is 0.267 e. The molecule has 0 saturated heterocycles. The lowest BCUT2D eigenvalue weighted by Gasteiger charge is -2.09. The standard InChI is InChI=1S/C26H18ClN3O2/c1-17-10-12-21(25(31)29-30-26(32)22-7-3-4-8-23(22)27)15-19(17)13-11-18-14-20-6-2-5-9-24(20)28-16-18/h2-10,12,14-16H,1H3,(H,29,31)(H,30,32). The number of para-hydroxylation sites is 1. The molecule has 0 spiro atoms. The van der Waals surface area contributed by atoms with Crippen LogP contribution in [-0.4, -0.2) is 16.8 Å². The van der Waals surface area contributed by atoms with Crippen molar-refractivity contribution in [3.05, 3.63) is 112 Å². The van der Waals surface area contributed by atoms with Crippen molar-refractivity contribution in [2.75, 3.05) is 0 Å². The molecule has 0 atom stereocenters. The highest BCUT2D eigenvalue weighted by atomic mass is 35.5. The second kappa shape index (κ2) is 9.34. The van der Waals surface area contributed by atoms with Crippen LogP contribution in [0.1, 0.15) is 37.4 Å². The van der Waals surface area contributed by atoms with E-state index in [4.69, 9.17) is 11.6 Å². The van der Waals surface area contributed by atoms with Crippen LogP contribution in [0.15, 0.2) is 79.0 Å². The Morgan fingerprint density at radius 2 is 1.62 bits per heavy atom. The van der Waals surface area contributed by atoms with E-state index in [9.17, 15) is 9.59 Å². The van der Waals surface area contributed by atoms with E-state index in [1.807, 2.05) is 43.3 Å². The number of carbonyl (C=O) groups is 2. The Morgan fingerprint density at radius 3 is 2.47 bits per heavy atom. The summed E-state index contributed by atoms with van der Waals surface area (Å²) in [6.07, 6.45) is 1.73. The number of rotatable bonds is 2. The molecule has 2 amide bonds. The van der Waals surface area contributed by atoms with Crippen molar-refractivity contribution in [1.82, 2.24) is 15.8 Å². The number of nitrogens with zero attached hydrogens (tertiary/aromatic N) is 1. The fourth-order valence-corrected chi connectivity index (χ4v) is 3.30. The fraction of sp³-hybridized carbons (Fsp3) is 0.0385. The van der Waals surface area contributed by atoms with Crippen LogP contribution in [0.25, 0.3) is 10.9 Å². The number of halogens is 1. The first-order valence-electron chi connectivity index (χ1n) is 9.84. The summed E-state index contributed by atoms with van der Waals surface area (Å²) in [5.74, 6) is 5.26. The highest BCUT2D eigenvalue weighted by molar-refractivity contribution is 6.33. The Morgan fingerprint density at radius 1 is 0.875 bits per heavy atom. The molecule has 0 fully saturated rings. The summed E-state index contributed by atoms with van der Waals surface area (Å²) in [6.45, 7) is 1.92. The summed E-state index contributed by atoms with van der Waals surface area (Å²) in [7, 11) is 0. The van der Waals surface area contributed by atoms with Crippen LogP contribution >= 0.6 is 11.6 Å². The van der Waals surface area contributed by atoms with E-state index >= 15 is 0 Å². The van der Waals surface area contributed by atoms with Crippen molar-refractivity contribution < 1.29 is 9.59 Å². The van der Waals surface area contributed by atoms with Gasteiger partial charge in [-0.1, -0.05) is 59.8 Å². The van der Waals surface area contributed by atoms with Crippen molar-refractivity contribution in [3.8, 4) is 11.8 Å². The summed E-state index contributed by atoms with van der Waals surface area (Å²) in [5, 5.41) is 1.31. The molecular weight excluding hydrogens is 422 g/mol. The van der Waals surface area contributed by atoms with Crippen molar-refractivity contribution in [2.24, 2.45) is 0 Å². The molecule has 0 unspecified atom stereocenters. The third kappa shape index (κ3) is 4.77. The van der Waals surface area contributed by atoms with Gasteiger partial charge in [-0.05, 0) is 48.9 Å². The molecule has 1 aromatic heterocycles. The van der Waals surface area contributed by atoms with Gasteiger partial charge < -0.3 is 0 Å². The second-order valence-corrected chi connectivity index (χ2v) is 7.49. The molecule has 3 aromatic carbocycles. The van der Waals surface area contributed by atoms with Gasteiger partial charge >= 0.3 is 0 Å². The number of pyridine rings is 1. The lowest BCUT2D eigenvalue weighted by molar-refractivity contribution is 0.0846. The molecule has 0 aliphatic heterocycles. The van der Waals surface area contributed by atoms with Crippen molar-refractivity contribution in [2.45, 2.75) is 6.92 Å². The number of carbonyl (C=O) groups excluding carboxylic acids is 2. The topological polar surface area (TPSA) is 71.1 Å². The summed E-state index contributed by atoms with van der Waals surface area (Å²) >= 11 is 6.01. The molecule has 4 rings (SSSR count). The van der Waals surface area contributed by atoms with Crippen LogP contribution in [-0.2, 0) is 0 Å². The lowest BCUT2D eigenvalue weighted by atomic mass is 10.0. The van der Waals surface area contributed by atoms with Crippen molar-refractivity contribution in [1.29, 1.82) is 0 Å². The second-order valence-electron chi connectivity index (χ2n) is 7.08. The number of hydrazine groups is 1. The Bertz CT molecular complexity index is 1400. The maximum Gasteiger partial charge on any atom is 0.271 e. The summed E-state index contributed by atoms with van der Waals surface area (Å²) < 4.78 is 0. The molecule has 0 bridgehead atoms. The van der Waals surface area contributed by atoms with Gasteiger partial charge in [0.05, 0.1) is 16.1 Å². The lowest BCUT2D eigenvalue weighted by Crippen LogP contribution is -2.41. The largest absolute Gasteiger partial charge is 0.271 e. The molecule has 0 aliphatic rings. The van der Waals surface area contributed by atoms with Gasteiger partial charge in [0.1, 0.15) is 0 Å². The van der Waals surface area contributed by atoms with Crippen LogP contribution in [0, 0.1) is 18.8 Å². The summed E-state index contributed by atoms with van der Waals surface area (Å²) in [6, 6.07) is 21.6. The molecule has 1 heterocycles. The van der Waals surface area contributed by atoms with Gasteiger partial charge in [0.25, 0.3) is 11.8 Å². The molecule has 2 N–H and O–H groups in total. The molecule has 32 heavy (non-hydrogen) atoms. The number of hydrogen-bond acceptors (Lipinski definition) is 3. The van der Waals surface area contributed by atoms with E-state index in [1.54, 1.807) is 42.6 Å². The van der Waals surface area contributed by atoms with E-state index < -0.39 is 11.8 Å². The maximum absolute atomic E-state index is 12.5. The third-order valence-electron chi connectivity index (χ3n) is 4.84. The van der Waals surface area contributed by atoms with Gasteiger partial charge in [0, 0.05) is 28.3 Å². The van der Waals surface area contributed by atoms with Gasteiger partial charge in [0.15, 0.2) is 0 Å². The zero-order valence-electron chi connectivity index (χ0n) is 17.1. The van der Waals surface area contributed by atoms with Crippen molar-refractivity contribution in [3.63, 3.8) is 0 Å². The zero-order valence-corrected chi connectivity index (χ0v) is 17.9. The average molecular weight is 440 g/mol. The molecule has 4 aromatic rings. The number of benzene rings is 3. The highest BCUT2D eigenvalue weighted by Gasteiger charge is 2.12. The van der Waals surface area contributed by atoms with Crippen LogP contribution < -0.4 is 10.9 Å². The molecule has 6 heteroatoms. The predicted octanol–water partition coefficient (Wildman–Crippen LogP) is 4.67. The molecule has 5 nitrogen and oxygen atoms in total. The number of amides is 2. The predicted molar refractivity (Wildman–Crippen MR) is 125 cm³/mol. The minimum absolute atomic E-state index is 0.272. The third-order valence-corrected chi connectivity index (χ3v) is 5.17. The number of aryl methyl sites for hydroxylation is 1. The minimum atomic E-state index is -0.500. The quantitative estimate of drug-likeness (QED) is 0.352. The van der Waals surface area contributed by atoms with Gasteiger partial charge in [-0.15, -0.1) is 0 Å². The first kappa shape index (κ1) is 21.1. The van der Waals surface area contributed by atoms with E-state index in [2.05, 4.69) is 27.7 Å². The Balaban J connectivity index is 1.50. The molecule has 0 radical (unpaired) electrons. The molecule has 0 saturated carbocycles. The summed E-state index contributed by atoms with van der Waals surface area (Å²) in [4.78, 5) is 29.2. The molecule has 156 valence electrons. The molecular formula is C26H18ClN3O2. The van der Waals surface area contributed by atoms with Gasteiger partial charge in [0.2, 0.25) is 0 Å². The highest BCUT2D eigenvalue weighted by Crippen LogP contribution is 2.15. The average Bonchev–Trinajstić information content (AvgIpc) is 2.82. The van der Waals surface area contributed by atoms with Gasteiger partial charge in [-0.25, -0.2) is 0 Å². The first-order valence-corrected chi connectivity index (χ1v) is 10.2. The first-order chi connectivity index (χ1) is 15.5. The van der Waals surface area contributed by atoms with E-state index in [-0.39, 0.29) is 5.56 Å². The monoisotopic (exact) mass is 439 g/mol. The fourth-order valence-electron chi connectivity index (χ4n) is 3.08. The zero-order chi connectivity index (χ0) is 22.5. The van der Waals surface area contributed by atoms with E-state index in [0.29, 0.717) is 16.1 Å². The number of aromatic nitrogens is 1. The SMILES string of the molecule is Cc1ccc(C(=O)NNC(=O)c2ccccc2Cl)cc1C#Cc1cnc2ccccc2c1. The van der Waals surface area contributed by atoms with Crippen LogP contribution in [0.4, 0.5) is 0 Å². The van der Waals surface area contributed by atoms with Gasteiger partial charge in [-0.2, -0.15) is 0 Å². The maximum atomic E-state index is 12.5. The van der Waals surface area contributed by atoms with Crippen LogP contribution in [0.3, 0.4) is 0 Å². The van der Waals surface area contributed by atoms with Gasteiger partial charge in [-0.3, -0.25) is 25.4 Å². The minimum Gasteiger partial charge on any atom is -0.267 e. The molecule has 0 aliphatic carbocycles. The van der Waals surface area contributed by atoms with Crippen LogP contribution in [0.2, 0.25) is 5.02 Å². The Labute approximate surface area is 190 Å². The summed E-state index contributed by atoms with van der Waals surface area (Å²) in [5.41, 5.74) is 8.77. The normalized spacial score (nSPS) is 10.2. The van der Waals surface area contributed by atoms with E-state index in [1.165, 1.54) is 0 Å². The number of hydrogen-bond donors (Lipinski definition) is 2. The Hall–Kier alpha value is -4.14. The van der Waals surface area contributed by atoms with Crippen molar-refractivity contribution >= 4 is 34.3 Å².